The summed E-state index contributed by atoms with van der Waals surface area (Å²) in [4.78, 5) is 0.242. The number of sulfonamides is 1. The molecule has 114 valence electrons. The molecule has 0 fully saturated rings. The maximum atomic E-state index is 12.5. The van der Waals surface area contributed by atoms with Crippen LogP contribution in [0.5, 0.6) is 5.75 Å². The van der Waals surface area contributed by atoms with Gasteiger partial charge in [0.15, 0.2) is 0 Å². The standard InChI is InChI=1S/C15H19NO4S/c1-11-9-14(7-8-15(11)19-4)21(17,18)16(3)10-13-6-5-12(2)20-13/h5-9H,10H2,1-4H3. The van der Waals surface area contributed by atoms with Crippen molar-refractivity contribution in [3.63, 3.8) is 0 Å². The lowest BCUT2D eigenvalue weighted by Crippen LogP contribution is -2.26. The number of ether oxygens (including phenoxy) is 1. The Kier molecular flexibility index (Phi) is 4.39. The number of rotatable bonds is 5. The fraction of sp³-hybridized carbons (Fsp3) is 0.333. The molecule has 2 rings (SSSR count). The fourth-order valence-corrected chi connectivity index (χ4v) is 3.29. The van der Waals surface area contributed by atoms with Gasteiger partial charge in [0.05, 0.1) is 18.6 Å². The molecule has 0 bridgehead atoms. The zero-order valence-electron chi connectivity index (χ0n) is 12.6. The first-order valence-corrected chi connectivity index (χ1v) is 7.95. The van der Waals surface area contributed by atoms with Gasteiger partial charge < -0.3 is 9.15 Å². The van der Waals surface area contributed by atoms with Crippen molar-refractivity contribution in [3.8, 4) is 5.75 Å². The van der Waals surface area contributed by atoms with Gasteiger partial charge >= 0.3 is 0 Å². The molecule has 1 aromatic heterocycles. The molecule has 0 N–H and O–H groups in total. The van der Waals surface area contributed by atoms with Crippen molar-refractivity contribution in [1.29, 1.82) is 0 Å². The number of methoxy groups -OCH3 is 1. The molecule has 0 spiro atoms. The molecular weight excluding hydrogens is 290 g/mol. The van der Waals surface area contributed by atoms with E-state index in [4.69, 9.17) is 9.15 Å². The van der Waals surface area contributed by atoms with E-state index >= 15 is 0 Å². The second-order valence-corrected chi connectivity index (χ2v) is 6.95. The van der Waals surface area contributed by atoms with E-state index in [-0.39, 0.29) is 11.4 Å². The van der Waals surface area contributed by atoms with E-state index < -0.39 is 10.0 Å². The molecule has 0 unspecified atom stereocenters. The lowest BCUT2D eigenvalue weighted by Gasteiger charge is -2.17. The summed E-state index contributed by atoms with van der Waals surface area (Å²) in [5, 5.41) is 0. The molecule has 0 aliphatic carbocycles. The Morgan fingerprint density at radius 1 is 1.19 bits per heavy atom. The van der Waals surface area contributed by atoms with Crippen molar-refractivity contribution in [1.82, 2.24) is 4.31 Å². The number of nitrogens with zero attached hydrogens (tertiary/aromatic N) is 1. The average Bonchev–Trinajstić information content (AvgIpc) is 2.83. The summed E-state index contributed by atoms with van der Waals surface area (Å²) >= 11 is 0. The first kappa shape index (κ1) is 15.6. The summed E-state index contributed by atoms with van der Waals surface area (Å²) in [7, 11) is -0.466. The smallest absolute Gasteiger partial charge is 0.243 e. The number of aryl methyl sites for hydroxylation is 2. The molecule has 0 amide bonds. The van der Waals surface area contributed by atoms with Crippen molar-refractivity contribution in [2.75, 3.05) is 14.2 Å². The Hall–Kier alpha value is -1.79. The number of furan rings is 1. The molecule has 0 atom stereocenters. The van der Waals surface area contributed by atoms with Crippen LogP contribution >= 0.6 is 0 Å². The summed E-state index contributed by atoms with van der Waals surface area (Å²) < 4.78 is 36.9. The zero-order valence-corrected chi connectivity index (χ0v) is 13.4. The van der Waals surface area contributed by atoms with Crippen molar-refractivity contribution in [2.45, 2.75) is 25.3 Å². The highest BCUT2D eigenvalue weighted by atomic mass is 32.2. The normalized spacial score (nSPS) is 11.9. The van der Waals surface area contributed by atoms with Gasteiger partial charge in [0.1, 0.15) is 17.3 Å². The predicted octanol–water partition coefficient (Wildman–Crippen LogP) is 2.73. The Morgan fingerprint density at radius 2 is 1.90 bits per heavy atom. The quantitative estimate of drug-likeness (QED) is 0.852. The molecule has 2 aromatic rings. The van der Waals surface area contributed by atoms with E-state index in [1.807, 2.05) is 19.9 Å². The van der Waals surface area contributed by atoms with Crippen LogP contribution in [0.4, 0.5) is 0 Å². The third-order valence-corrected chi connectivity index (χ3v) is 5.05. The molecule has 0 saturated carbocycles. The van der Waals surface area contributed by atoms with E-state index in [0.717, 1.165) is 11.3 Å². The minimum atomic E-state index is -3.56. The minimum absolute atomic E-state index is 0.196. The highest BCUT2D eigenvalue weighted by Gasteiger charge is 2.22. The zero-order chi connectivity index (χ0) is 15.6. The van der Waals surface area contributed by atoms with Crippen LogP contribution < -0.4 is 4.74 Å². The minimum Gasteiger partial charge on any atom is -0.496 e. The maximum absolute atomic E-state index is 12.5. The maximum Gasteiger partial charge on any atom is 0.243 e. The number of hydrogen-bond donors (Lipinski definition) is 0. The van der Waals surface area contributed by atoms with E-state index in [9.17, 15) is 8.42 Å². The molecule has 0 radical (unpaired) electrons. The molecular formula is C15H19NO4S. The van der Waals surface area contributed by atoms with Crippen LogP contribution in [-0.4, -0.2) is 26.9 Å². The van der Waals surface area contributed by atoms with Crippen LogP contribution in [0.15, 0.2) is 39.6 Å². The van der Waals surface area contributed by atoms with Crippen molar-refractivity contribution >= 4 is 10.0 Å². The summed E-state index contributed by atoms with van der Waals surface area (Å²) in [6.07, 6.45) is 0. The predicted molar refractivity (Wildman–Crippen MR) is 79.8 cm³/mol. The number of hydrogen-bond acceptors (Lipinski definition) is 4. The van der Waals surface area contributed by atoms with Gasteiger partial charge in [-0.25, -0.2) is 8.42 Å². The third kappa shape index (κ3) is 3.28. The van der Waals surface area contributed by atoms with E-state index in [0.29, 0.717) is 11.5 Å². The van der Waals surface area contributed by atoms with Crippen LogP contribution in [0.2, 0.25) is 0 Å². The van der Waals surface area contributed by atoms with E-state index in [2.05, 4.69) is 0 Å². The van der Waals surface area contributed by atoms with Crippen molar-refractivity contribution < 1.29 is 17.6 Å². The van der Waals surface area contributed by atoms with Crippen LogP contribution in [-0.2, 0) is 16.6 Å². The molecule has 0 saturated heterocycles. The molecule has 21 heavy (non-hydrogen) atoms. The van der Waals surface area contributed by atoms with Gasteiger partial charge in [-0.2, -0.15) is 4.31 Å². The van der Waals surface area contributed by atoms with Crippen LogP contribution in [0.1, 0.15) is 17.1 Å². The van der Waals surface area contributed by atoms with Gasteiger partial charge in [-0.05, 0) is 49.7 Å². The van der Waals surface area contributed by atoms with Crippen molar-refractivity contribution in [3.05, 3.63) is 47.4 Å². The van der Waals surface area contributed by atoms with Gasteiger partial charge in [0.2, 0.25) is 10.0 Å². The molecule has 1 heterocycles. The summed E-state index contributed by atoms with van der Waals surface area (Å²) in [5.74, 6) is 2.04. The largest absolute Gasteiger partial charge is 0.496 e. The van der Waals surface area contributed by atoms with Gasteiger partial charge in [0, 0.05) is 7.05 Å². The highest BCUT2D eigenvalue weighted by Crippen LogP contribution is 2.24. The van der Waals surface area contributed by atoms with Gasteiger partial charge in [-0.1, -0.05) is 0 Å². The topological polar surface area (TPSA) is 59.8 Å². The van der Waals surface area contributed by atoms with Gasteiger partial charge in [-0.3, -0.25) is 0 Å². The molecule has 6 heteroatoms. The molecule has 0 aliphatic rings. The monoisotopic (exact) mass is 309 g/mol. The lowest BCUT2D eigenvalue weighted by atomic mass is 10.2. The first-order chi connectivity index (χ1) is 9.84. The van der Waals surface area contributed by atoms with Crippen LogP contribution in [0.25, 0.3) is 0 Å². The fourth-order valence-electron chi connectivity index (χ4n) is 2.07. The summed E-state index contributed by atoms with van der Waals surface area (Å²) in [5.41, 5.74) is 0.779. The Labute approximate surface area is 125 Å². The van der Waals surface area contributed by atoms with E-state index in [1.54, 1.807) is 31.4 Å². The Morgan fingerprint density at radius 3 is 2.43 bits per heavy atom. The van der Waals surface area contributed by atoms with Crippen LogP contribution in [0.3, 0.4) is 0 Å². The van der Waals surface area contributed by atoms with E-state index in [1.165, 1.54) is 11.4 Å². The lowest BCUT2D eigenvalue weighted by molar-refractivity contribution is 0.397. The van der Waals surface area contributed by atoms with Crippen molar-refractivity contribution in [2.24, 2.45) is 0 Å². The summed E-state index contributed by atoms with van der Waals surface area (Å²) in [6, 6.07) is 8.41. The SMILES string of the molecule is COc1ccc(S(=O)(=O)N(C)Cc2ccc(C)o2)cc1C. The third-order valence-electron chi connectivity index (χ3n) is 3.25. The number of benzene rings is 1. The second-order valence-electron chi connectivity index (χ2n) is 4.90. The average molecular weight is 309 g/mol. The van der Waals surface area contributed by atoms with Gasteiger partial charge in [0.25, 0.3) is 0 Å². The first-order valence-electron chi connectivity index (χ1n) is 6.51. The Balaban J connectivity index is 2.26. The molecule has 5 nitrogen and oxygen atoms in total. The summed E-state index contributed by atoms with van der Waals surface area (Å²) in [6.45, 7) is 3.83. The highest BCUT2D eigenvalue weighted by molar-refractivity contribution is 7.89. The van der Waals surface area contributed by atoms with Crippen LogP contribution in [0, 0.1) is 13.8 Å². The molecule has 1 aromatic carbocycles. The molecule has 0 aliphatic heterocycles. The second kappa shape index (κ2) is 5.91. The Bertz CT molecular complexity index is 734. The van der Waals surface area contributed by atoms with Gasteiger partial charge in [-0.15, -0.1) is 0 Å².